The molecule has 2 aromatic carbocycles. The third-order valence-corrected chi connectivity index (χ3v) is 3.70. The summed E-state index contributed by atoms with van der Waals surface area (Å²) < 4.78 is 6.08. The summed E-state index contributed by atoms with van der Waals surface area (Å²) in [4.78, 5) is 25.5. The zero-order valence-corrected chi connectivity index (χ0v) is 14.5. The fourth-order valence-electron chi connectivity index (χ4n) is 2.04. The van der Waals surface area contributed by atoms with Gasteiger partial charge in [-0.2, -0.15) is 0 Å². The van der Waals surface area contributed by atoms with Crippen LogP contribution in [0, 0.1) is 0 Å². The van der Waals surface area contributed by atoms with Crippen LogP contribution >= 0.6 is 15.9 Å². The monoisotopic (exact) mass is 376 g/mol. The average molecular weight is 377 g/mol. The van der Waals surface area contributed by atoms with Gasteiger partial charge in [-0.15, -0.1) is 0 Å². The molecule has 2 aromatic rings. The molecule has 0 heterocycles. The number of hydrogen-bond acceptors (Lipinski definition) is 3. The number of hydrogen-bond donors (Lipinski definition) is 1. The number of nitrogens with one attached hydrogen (secondary N) is 1. The first-order valence-corrected chi connectivity index (χ1v) is 7.76. The van der Waals surface area contributed by atoms with Crippen molar-refractivity contribution in [3.05, 3.63) is 53.0 Å². The number of anilines is 2. The molecule has 0 aliphatic carbocycles. The van der Waals surface area contributed by atoms with Gasteiger partial charge in [0.1, 0.15) is 12.3 Å². The molecule has 0 aliphatic rings. The van der Waals surface area contributed by atoms with E-state index < -0.39 is 0 Å². The number of halogens is 1. The first-order chi connectivity index (χ1) is 11.0. The van der Waals surface area contributed by atoms with Gasteiger partial charge in [0.2, 0.25) is 11.8 Å². The van der Waals surface area contributed by atoms with Gasteiger partial charge in [-0.1, -0.05) is 22.0 Å². The van der Waals surface area contributed by atoms with Crippen molar-refractivity contribution in [3.8, 4) is 5.75 Å². The van der Waals surface area contributed by atoms with Gasteiger partial charge >= 0.3 is 0 Å². The van der Waals surface area contributed by atoms with E-state index in [1.165, 1.54) is 11.8 Å². The lowest BCUT2D eigenvalue weighted by atomic mass is 10.2. The molecule has 0 unspecified atom stereocenters. The summed E-state index contributed by atoms with van der Waals surface area (Å²) in [6.45, 7) is 1.35. The number of rotatable bonds is 5. The standard InChI is InChI=1S/C17H17BrN2O3/c1-12(21)20(15-4-3-5-16(10-15)23-2)11-17(22)19-14-8-6-13(18)7-9-14/h3-10H,11H2,1-2H3,(H,19,22). The molecule has 0 saturated heterocycles. The highest BCUT2D eigenvalue weighted by Gasteiger charge is 2.16. The largest absolute Gasteiger partial charge is 0.497 e. The lowest BCUT2D eigenvalue weighted by molar-refractivity contribution is -0.120. The van der Waals surface area contributed by atoms with Gasteiger partial charge in [-0.25, -0.2) is 0 Å². The van der Waals surface area contributed by atoms with Crippen molar-refractivity contribution in [3.63, 3.8) is 0 Å². The smallest absolute Gasteiger partial charge is 0.244 e. The normalized spacial score (nSPS) is 10.0. The molecule has 1 N–H and O–H groups in total. The van der Waals surface area contributed by atoms with Crippen LogP contribution in [0.2, 0.25) is 0 Å². The highest BCUT2D eigenvalue weighted by Crippen LogP contribution is 2.21. The Kier molecular flexibility index (Phi) is 5.76. The second-order valence-electron chi connectivity index (χ2n) is 4.86. The number of benzene rings is 2. The van der Waals surface area contributed by atoms with Crippen molar-refractivity contribution in [1.82, 2.24) is 0 Å². The van der Waals surface area contributed by atoms with Gasteiger partial charge in [0.15, 0.2) is 0 Å². The van der Waals surface area contributed by atoms with E-state index in [9.17, 15) is 9.59 Å². The minimum atomic E-state index is -0.273. The molecule has 0 aromatic heterocycles. The second-order valence-corrected chi connectivity index (χ2v) is 5.78. The summed E-state index contributed by atoms with van der Waals surface area (Å²) in [6, 6.07) is 14.3. The van der Waals surface area contributed by atoms with Crippen LogP contribution in [0.1, 0.15) is 6.92 Å². The summed E-state index contributed by atoms with van der Waals surface area (Å²) in [5, 5.41) is 2.77. The van der Waals surface area contributed by atoms with Crippen molar-refractivity contribution >= 4 is 39.1 Å². The summed E-state index contributed by atoms with van der Waals surface area (Å²) in [7, 11) is 1.55. The molecule has 120 valence electrons. The fraction of sp³-hybridized carbons (Fsp3) is 0.176. The predicted octanol–water partition coefficient (Wildman–Crippen LogP) is 3.45. The predicted molar refractivity (Wildman–Crippen MR) is 93.8 cm³/mol. The van der Waals surface area contributed by atoms with E-state index in [0.29, 0.717) is 17.1 Å². The van der Waals surface area contributed by atoms with Crippen LogP contribution in [0.25, 0.3) is 0 Å². The summed E-state index contributed by atoms with van der Waals surface area (Å²) in [5.41, 5.74) is 1.29. The zero-order valence-electron chi connectivity index (χ0n) is 12.9. The van der Waals surface area contributed by atoms with Crippen molar-refractivity contribution in [2.75, 3.05) is 23.9 Å². The van der Waals surface area contributed by atoms with Crippen molar-refractivity contribution in [2.45, 2.75) is 6.92 Å². The molecule has 0 atom stereocenters. The molecule has 0 radical (unpaired) electrons. The van der Waals surface area contributed by atoms with Crippen LogP contribution in [0.5, 0.6) is 5.75 Å². The maximum Gasteiger partial charge on any atom is 0.244 e. The minimum Gasteiger partial charge on any atom is -0.497 e. The van der Waals surface area contributed by atoms with Crippen molar-refractivity contribution in [1.29, 1.82) is 0 Å². The number of carbonyl (C=O) groups is 2. The van der Waals surface area contributed by atoms with E-state index >= 15 is 0 Å². The van der Waals surface area contributed by atoms with Crippen LogP contribution < -0.4 is 15.0 Å². The maximum atomic E-state index is 12.2. The van der Waals surface area contributed by atoms with Crippen molar-refractivity contribution < 1.29 is 14.3 Å². The Balaban J connectivity index is 2.11. The van der Waals surface area contributed by atoms with E-state index in [4.69, 9.17) is 4.74 Å². The second kappa shape index (κ2) is 7.78. The molecule has 0 bridgehead atoms. The Bertz CT molecular complexity index is 701. The number of ether oxygens (including phenoxy) is 1. The van der Waals surface area contributed by atoms with Gasteiger partial charge in [0.05, 0.1) is 7.11 Å². The summed E-state index contributed by atoms with van der Waals surface area (Å²) >= 11 is 3.34. The summed E-state index contributed by atoms with van der Waals surface area (Å²) in [6.07, 6.45) is 0. The van der Waals surface area contributed by atoms with Gasteiger partial charge in [-0.3, -0.25) is 9.59 Å². The maximum absolute atomic E-state index is 12.2. The molecule has 23 heavy (non-hydrogen) atoms. The van der Waals surface area contributed by atoms with Crippen LogP contribution in [-0.2, 0) is 9.59 Å². The molecule has 0 aliphatic heterocycles. The summed E-state index contributed by atoms with van der Waals surface area (Å²) in [5.74, 6) is 0.136. The number of methoxy groups -OCH3 is 1. The number of nitrogens with zero attached hydrogens (tertiary/aromatic N) is 1. The van der Waals surface area contributed by atoms with Crippen LogP contribution in [0.15, 0.2) is 53.0 Å². The van der Waals surface area contributed by atoms with E-state index in [0.717, 1.165) is 4.47 Å². The molecular formula is C17H17BrN2O3. The zero-order chi connectivity index (χ0) is 16.8. The Morgan fingerprint density at radius 1 is 1.17 bits per heavy atom. The molecule has 2 rings (SSSR count). The molecule has 5 nitrogen and oxygen atoms in total. The third-order valence-electron chi connectivity index (χ3n) is 3.17. The third kappa shape index (κ3) is 4.82. The van der Waals surface area contributed by atoms with Gasteiger partial charge < -0.3 is 15.0 Å². The Hall–Kier alpha value is -2.34. The first kappa shape index (κ1) is 17.0. The quantitative estimate of drug-likeness (QED) is 0.869. The van der Waals surface area contributed by atoms with Crippen LogP contribution in [0.4, 0.5) is 11.4 Å². The fourth-order valence-corrected chi connectivity index (χ4v) is 2.30. The Labute approximate surface area is 143 Å². The SMILES string of the molecule is COc1cccc(N(CC(=O)Nc2ccc(Br)cc2)C(C)=O)c1. The lowest BCUT2D eigenvalue weighted by Crippen LogP contribution is -2.36. The molecule has 2 amide bonds. The lowest BCUT2D eigenvalue weighted by Gasteiger charge is -2.21. The number of amides is 2. The molecule has 0 saturated carbocycles. The van der Waals surface area contributed by atoms with E-state index in [-0.39, 0.29) is 18.4 Å². The molecule has 0 spiro atoms. The topological polar surface area (TPSA) is 58.6 Å². The first-order valence-electron chi connectivity index (χ1n) is 6.97. The Morgan fingerprint density at radius 3 is 2.48 bits per heavy atom. The minimum absolute atomic E-state index is 0.0709. The van der Waals surface area contributed by atoms with Crippen molar-refractivity contribution in [2.24, 2.45) is 0 Å². The highest BCUT2D eigenvalue weighted by atomic mass is 79.9. The average Bonchev–Trinajstić information content (AvgIpc) is 2.54. The molecule has 6 heteroatoms. The van der Waals surface area contributed by atoms with Gasteiger partial charge in [0, 0.05) is 28.8 Å². The van der Waals surface area contributed by atoms with E-state index in [1.54, 1.807) is 43.5 Å². The molecule has 0 fully saturated rings. The van der Waals surface area contributed by atoms with E-state index in [2.05, 4.69) is 21.2 Å². The Morgan fingerprint density at radius 2 is 1.87 bits per heavy atom. The van der Waals surface area contributed by atoms with Gasteiger partial charge in [-0.05, 0) is 36.4 Å². The number of carbonyl (C=O) groups excluding carboxylic acids is 2. The van der Waals surface area contributed by atoms with E-state index in [1.807, 2.05) is 12.1 Å². The highest BCUT2D eigenvalue weighted by molar-refractivity contribution is 9.10. The molecular weight excluding hydrogens is 360 g/mol. The van der Waals surface area contributed by atoms with Crippen LogP contribution in [-0.4, -0.2) is 25.5 Å². The van der Waals surface area contributed by atoms with Gasteiger partial charge in [0.25, 0.3) is 0 Å². The van der Waals surface area contributed by atoms with Crippen LogP contribution in [0.3, 0.4) is 0 Å².